The molecule has 1 saturated heterocycles. The monoisotopic (exact) mass is 440 g/mol. The second kappa shape index (κ2) is 7.95. The van der Waals surface area contributed by atoms with Gasteiger partial charge in [-0.25, -0.2) is 0 Å². The Kier molecular flexibility index (Phi) is 6.51. The number of rotatable bonds is 6. The zero-order valence-corrected chi connectivity index (χ0v) is 14.8. The molecule has 1 aromatic rings. The van der Waals surface area contributed by atoms with Crippen LogP contribution in [0, 0.1) is 5.92 Å². The van der Waals surface area contributed by atoms with Crippen LogP contribution in [-0.2, 0) is 9.47 Å². The van der Waals surface area contributed by atoms with Crippen LogP contribution in [0.2, 0.25) is 0 Å². The first kappa shape index (κ1) is 23.7. The van der Waals surface area contributed by atoms with Crippen LogP contribution in [0.5, 0.6) is 0 Å². The molecule has 0 aromatic heterocycles. The van der Waals surface area contributed by atoms with Crippen molar-refractivity contribution < 1.29 is 54.1 Å². The SMILES string of the molecule is CCO[C@@H]1O[C@H](c2ccccc2)C[C@@H](C(F)(F)C(F)(F)C(F)(F)C(F)(F)F)[C@@H]1O. The Morgan fingerprint density at radius 3 is 2.00 bits per heavy atom. The number of aliphatic hydroxyl groups is 1. The Morgan fingerprint density at radius 1 is 0.966 bits per heavy atom. The van der Waals surface area contributed by atoms with Crippen LogP contribution in [-0.4, -0.2) is 48.1 Å². The molecule has 0 unspecified atom stereocenters. The summed E-state index contributed by atoms with van der Waals surface area (Å²) in [5.41, 5.74) is 0.163. The Labute approximate surface area is 159 Å². The summed E-state index contributed by atoms with van der Waals surface area (Å²) in [6, 6.07) is 7.12. The summed E-state index contributed by atoms with van der Waals surface area (Å²) in [6.07, 6.45) is -14.0. The summed E-state index contributed by atoms with van der Waals surface area (Å²) in [6.45, 7) is 1.11. The molecule has 0 aliphatic carbocycles. The number of alkyl halides is 9. The summed E-state index contributed by atoms with van der Waals surface area (Å²) in [7, 11) is 0. The van der Waals surface area contributed by atoms with Gasteiger partial charge in [0.25, 0.3) is 0 Å². The van der Waals surface area contributed by atoms with E-state index in [1.165, 1.54) is 37.3 Å². The van der Waals surface area contributed by atoms with Gasteiger partial charge in [-0.15, -0.1) is 0 Å². The minimum Gasteiger partial charge on any atom is -0.387 e. The maximum absolute atomic E-state index is 14.5. The lowest BCUT2D eigenvalue weighted by Crippen LogP contribution is -2.66. The molecule has 166 valence electrons. The molecule has 1 N–H and O–H groups in total. The average molecular weight is 440 g/mol. The van der Waals surface area contributed by atoms with E-state index in [4.69, 9.17) is 9.47 Å². The molecule has 0 spiro atoms. The predicted octanol–water partition coefficient (Wildman–Crippen LogP) is 4.96. The van der Waals surface area contributed by atoms with Crippen molar-refractivity contribution in [3.05, 3.63) is 35.9 Å². The molecule has 29 heavy (non-hydrogen) atoms. The van der Waals surface area contributed by atoms with E-state index in [-0.39, 0.29) is 12.2 Å². The van der Waals surface area contributed by atoms with Gasteiger partial charge in [0.15, 0.2) is 6.29 Å². The van der Waals surface area contributed by atoms with Gasteiger partial charge in [0.2, 0.25) is 0 Å². The largest absolute Gasteiger partial charge is 0.460 e. The molecule has 0 saturated carbocycles. The van der Waals surface area contributed by atoms with Gasteiger partial charge in [-0.3, -0.25) is 0 Å². The van der Waals surface area contributed by atoms with Crippen molar-refractivity contribution in [2.75, 3.05) is 6.61 Å². The summed E-state index contributed by atoms with van der Waals surface area (Å²) in [5, 5.41) is 10.0. The molecule has 1 heterocycles. The Bertz CT molecular complexity index is 678. The van der Waals surface area contributed by atoms with Crippen LogP contribution in [0.25, 0.3) is 0 Å². The van der Waals surface area contributed by atoms with Gasteiger partial charge < -0.3 is 14.6 Å². The molecule has 1 aromatic carbocycles. The first-order valence-corrected chi connectivity index (χ1v) is 8.38. The molecule has 12 heteroatoms. The fraction of sp³-hybridized carbons (Fsp3) is 0.647. The minimum atomic E-state index is -7.04. The number of hydrogen-bond acceptors (Lipinski definition) is 3. The Balaban J connectivity index is 2.47. The summed E-state index contributed by atoms with van der Waals surface area (Å²) in [5.74, 6) is -22.8. The van der Waals surface area contributed by atoms with E-state index in [1.54, 1.807) is 0 Å². The van der Waals surface area contributed by atoms with E-state index in [9.17, 15) is 44.6 Å². The fourth-order valence-corrected chi connectivity index (χ4v) is 3.02. The summed E-state index contributed by atoms with van der Waals surface area (Å²) < 4.78 is 130. The van der Waals surface area contributed by atoms with E-state index in [1.807, 2.05) is 0 Å². The highest BCUT2D eigenvalue weighted by molar-refractivity contribution is 5.19. The number of halogens is 9. The maximum Gasteiger partial charge on any atom is 0.460 e. The van der Waals surface area contributed by atoms with E-state index >= 15 is 0 Å². The molecule has 0 amide bonds. The normalized spacial score (nSPS) is 27.1. The molecule has 0 radical (unpaired) electrons. The van der Waals surface area contributed by atoms with Crippen molar-refractivity contribution in [2.24, 2.45) is 5.92 Å². The quantitative estimate of drug-likeness (QED) is 0.636. The molecule has 2 rings (SSSR count). The van der Waals surface area contributed by atoms with Gasteiger partial charge in [-0.05, 0) is 18.9 Å². The zero-order chi connectivity index (χ0) is 22.3. The number of hydrogen-bond donors (Lipinski definition) is 1. The molecular formula is C17H17F9O3. The molecule has 1 aliphatic heterocycles. The van der Waals surface area contributed by atoms with Crippen LogP contribution < -0.4 is 0 Å². The predicted molar refractivity (Wildman–Crippen MR) is 80.7 cm³/mol. The van der Waals surface area contributed by atoms with Crippen LogP contribution in [0.4, 0.5) is 39.5 Å². The first-order chi connectivity index (χ1) is 13.2. The van der Waals surface area contributed by atoms with Gasteiger partial charge in [-0.1, -0.05) is 30.3 Å². The van der Waals surface area contributed by atoms with Crippen LogP contribution in [0.3, 0.4) is 0 Å². The van der Waals surface area contributed by atoms with E-state index in [2.05, 4.69) is 0 Å². The van der Waals surface area contributed by atoms with E-state index < -0.39 is 54.8 Å². The van der Waals surface area contributed by atoms with Gasteiger partial charge in [0.1, 0.15) is 6.10 Å². The Hall–Kier alpha value is -1.53. The van der Waals surface area contributed by atoms with Crippen LogP contribution >= 0.6 is 0 Å². The number of aliphatic hydroxyl groups excluding tert-OH is 1. The summed E-state index contributed by atoms with van der Waals surface area (Å²) in [4.78, 5) is 0. The number of benzene rings is 1. The topological polar surface area (TPSA) is 38.7 Å². The second-order valence-electron chi connectivity index (χ2n) is 6.46. The van der Waals surface area contributed by atoms with Gasteiger partial charge in [0.05, 0.1) is 12.0 Å². The first-order valence-electron chi connectivity index (χ1n) is 8.38. The molecular weight excluding hydrogens is 423 g/mol. The lowest BCUT2D eigenvalue weighted by molar-refractivity contribution is -0.413. The molecule has 4 atom stereocenters. The lowest BCUT2D eigenvalue weighted by Gasteiger charge is -2.45. The molecule has 1 aliphatic rings. The minimum absolute atomic E-state index is 0.163. The van der Waals surface area contributed by atoms with Crippen LogP contribution in [0.1, 0.15) is 25.0 Å². The Morgan fingerprint density at radius 2 is 1.52 bits per heavy atom. The van der Waals surface area contributed by atoms with Gasteiger partial charge in [-0.2, -0.15) is 39.5 Å². The summed E-state index contributed by atoms with van der Waals surface area (Å²) >= 11 is 0. The molecule has 0 bridgehead atoms. The third-order valence-corrected chi connectivity index (χ3v) is 4.59. The third-order valence-electron chi connectivity index (χ3n) is 4.59. The highest BCUT2D eigenvalue weighted by atomic mass is 19.4. The lowest BCUT2D eigenvalue weighted by atomic mass is 9.80. The highest BCUT2D eigenvalue weighted by Crippen LogP contribution is 2.58. The van der Waals surface area contributed by atoms with Crippen molar-refractivity contribution >= 4 is 0 Å². The molecule has 3 nitrogen and oxygen atoms in total. The van der Waals surface area contributed by atoms with E-state index in [0.717, 1.165) is 0 Å². The molecule has 1 fully saturated rings. The third kappa shape index (κ3) is 4.06. The average Bonchev–Trinajstić information content (AvgIpc) is 2.62. The van der Waals surface area contributed by atoms with Crippen molar-refractivity contribution in [2.45, 2.75) is 55.8 Å². The highest BCUT2D eigenvalue weighted by Gasteiger charge is 2.83. The van der Waals surface area contributed by atoms with Crippen LogP contribution in [0.15, 0.2) is 30.3 Å². The maximum atomic E-state index is 14.5. The standard InChI is InChI=1S/C17H17F9O3/c1-2-28-13-12(27)10(8-11(29-13)9-6-4-3-5-7-9)14(18,19)15(20,21)16(22,23)17(24,25)26/h3-7,10-13,27H,2,8H2,1H3/t10-,11+,12+,13-/m1/s1. The fourth-order valence-electron chi connectivity index (χ4n) is 3.02. The smallest absolute Gasteiger partial charge is 0.387 e. The zero-order valence-electron chi connectivity index (χ0n) is 14.8. The van der Waals surface area contributed by atoms with Crippen molar-refractivity contribution in [3.63, 3.8) is 0 Å². The van der Waals surface area contributed by atoms with E-state index in [0.29, 0.717) is 0 Å². The van der Waals surface area contributed by atoms with Crippen molar-refractivity contribution in [1.29, 1.82) is 0 Å². The second-order valence-corrected chi connectivity index (χ2v) is 6.46. The van der Waals surface area contributed by atoms with Crippen molar-refractivity contribution in [1.82, 2.24) is 0 Å². The van der Waals surface area contributed by atoms with Gasteiger partial charge >= 0.3 is 23.9 Å². The number of ether oxygens (including phenoxy) is 2. The van der Waals surface area contributed by atoms with Crippen molar-refractivity contribution in [3.8, 4) is 0 Å². The van der Waals surface area contributed by atoms with Gasteiger partial charge in [0, 0.05) is 6.61 Å².